The van der Waals surface area contributed by atoms with Crippen molar-refractivity contribution in [2.75, 3.05) is 10.6 Å². The zero-order chi connectivity index (χ0) is 17.8. The number of carbonyl (C=O) groups is 1. The summed E-state index contributed by atoms with van der Waals surface area (Å²) in [6.07, 6.45) is 5.84. The molecule has 1 aromatic heterocycles. The van der Waals surface area contributed by atoms with E-state index in [1.165, 1.54) is 37.5 Å². The number of amides is 1. The van der Waals surface area contributed by atoms with Crippen molar-refractivity contribution in [3.05, 3.63) is 46.5 Å². The van der Waals surface area contributed by atoms with Crippen molar-refractivity contribution < 1.29 is 9.18 Å². The summed E-state index contributed by atoms with van der Waals surface area (Å²) >= 11 is 5.74. The summed E-state index contributed by atoms with van der Waals surface area (Å²) in [4.78, 5) is 21.1. The van der Waals surface area contributed by atoms with Crippen LogP contribution in [0.25, 0.3) is 0 Å². The number of benzene rings is 1. The van der Waals surface area contributed by atoms with Gasteiger partial charge in [0.05, 0.1) is 5.02 Å². The molecule has 0 saturated heterocycles. The van der Waals surface area contributed by atoms with Crippen molar-refractivity contribution in [1.29, 1.82) is 0 Å². The molecule has 1 heterocycles. The first kappa shape index (κ1) is 17.6. The van der Waals surface area contributed by atoms with Crippen LogP contribution in [-0.2, 0) is 0 Å². The van der Waals surface area contributed by atoms with Crippen LogP contribution in [0.4, 0.5) is 16.0 Å². The number of carbonyl (C=O) groups excluding carboxylic acids is 1. The van der Waals surface area contributed by atoms with Crippen LogP contribution < -0.4 is 10.6 Å². The highest BCUT2D eigenvalue weighted by atomic mass is 35.5. The van der Waals surface area contributed by atoms with Gasteiger partial charge in [-0.15, -0.1) is 0 Å². The maximum absolute atomic E-state index is 13.2. The molecule has 0 radical (unpaired) electrons. The summed E-state index contributed by atoms with van der Waals surface area (Å²) in [6, 6.07) is 5.99. The maximum Gasteiger partial charge on any atom is 0.274 e. The molecule has 0 aliphatic heterocycles. The molecule has 0 atom stereocenters. The first-order valence-electron chi connectivity index (χ1n) is 8.40. The van der Waals surface area contributed by atoms with Gasteiger partial charge in [-0.2, -0.15) is 0 Å². The van der Waals surface area contributed by atoms with E-state index in [2.05, 4.69) is 20.6 Å². The highest BCUT2D eigenvalue weighted by molar-refractivity contribution is 6.31. The van der Waals surface area contributed by atoms with E-state index in [9.17, 15) is 9.18 Å². The molecule has 7 heteroatoms. The Morgan fingerprint density at radius 1 is 1.20 bits per heavy atom. The normalized spacial score (nSPS) is 15.0. The lowest BCUT2D eigenvalue weighted by atomic mass is 9.96. The summed E-state index contributed by atoms with van der Waals surface area (Å²) in [5.74, 6) is -0.453. The van der Waals surface area contributed by atoms with Crippen molar-refractivity contribution in [2.45, 2.75) is 45.1 Å². The number of aryl methyl sites for hydroxylation is 1. The van der Waals surface area contributed by atoms with Gasteiger partial charge in [0, 0.05) is 17.4 Å². The van der Waals surface area contributed by atoms with Gasteiger partial charge in [0.15, 0.2) is 0 Å². The minimum atomic E-state index is -0.531. The molecule has 0 bridgehead atoms. The summed E-state index contributed by atoms with van der Waals surface area (Å²) in [5.41, 5.74) is 1.37. The highest BCUT2D eigenvalue weighted by Crippen LogP contribution is 2.22. The minimum absolute atomic E-state index is 0.0451. The number of rotatable bonds is 4. The van der Waals surface area contributed by atoms with Gasteiger partial charge in [-0.3, -0.25) is 4.79 Å². The molecule has 5 nitrogen and oxygen atoms in total. The molecular weight excluding hydrogens is 343 g/mol. The van der Waals surface area contributed by atoms with Crippen molar-refractivity contribution >= 4 is 29.1 Å². The maximum atomic E-state index is 13.2. The Balaban J connectivity index is 1.74. The second kappa shape index (κ2) is 7.78. The lowest BCUT2D eigenvalue weighted by Gasteiger charge is -2.23. The van der Waals surface area contributed by atoms with Gasteiger partial charge in [-0.25, -0.2) is 14.4 Å². The molecule has 1 fully saturated rings. The molecule has 1 aromatic carbocycles. The van der Waals surface area contributed by atoms with Crippen molar-refractivity contribution in [3.63, 3.8) is 0 Å². The van der Waals surface area contributed by atoms with Crippen LogP contribution in [0.2, 0.25) is 5.02 Å². The van der Waals surface area contributed by atoms with Gasteiger partial charge in [-0.1, -0.05) is 30.9 Å². The molecule has 1 aliphatic rings. The average molecular weight is 363 g/mol. The van der Waals surface area contributed by atoms with E-state index in [1.807, 2.05) is 6.92 Å². The fourth-order valence-electron chi connectivity index (χ4n) is 2.95. The van der Waals surface area contributed by atoms with Crippen LogP contribution >= 0.6 is 11.6 Å². The van der Waals surface area contributed by atoms with Crippen LogP contribution in [0.5, 0.6) is 0 Å². The van der Waals surface area contributed by atoms with Crippen molar-refractivity contribution in [3.8, 4) is 0 Å². The lowest BCUT2D eigenvalue weighted by Crippen LogP contribution is -2.24. The Morgan fingerprint density at radius 3 is 2.68 bits per heavy atom. The van der Waals surface area contributed by atoms with Crippen LogP contribution in [0.15, 0.2) is 24.3 Å². The Kier molecular flexibility index (Phi) is 5.48. The minimum Gasteiger partial charge on any atom is -0.351 e. The Morgan fingerprint density at radius 2 is 1.96 bits per heavy atom. The average Bonchev–Trinajstić information content (AvgIpc) is 2.58. The molecule has 0 spiro atoms. The number of anilines is 2. The van der Waals surface area contributed by atoms with Gasteiger partial charge >= 0.3 is 0 Å². The van der Waals surface area contributed by atoms with Gasteiger partial charge in [0.25, 0.3) is 5.91 Å². The van der Waals surface area contributed by atoms with E-state index in [0.29, 0.717) is 23.4 Å². The number of nitrogens with one attached hydrogen (secondary N) is 2. The van der Waals surface area contributed by atoms with E-state index in [-0.39, 0.29) is 16.6 Å². The summed E-state index contributed by atoms with van der Waals surface area (Å²) in [6.45, 7) is 1.82. The molecule has 2 N–H and O–H groups in total. The smallest absolute Gasteiger partial charge is 0.274 e. The monoisotopic (exact) mass is 362 g/mol. The predicted octanol–water partition coefficient (Wildman–Crippen LogP) is 4.57. The van der Waals surface area contributed by atoms with E-state index in [4.69, 9.17) is 11.6 Å². The van der Waals surface area contributed by atoms with Crippen molar-refractivity contribution in [2.24, 2.45) is 0 Å². The second-order valence-corrected chi connectivity index (χ2v) is 6.69. The van der Waals surface area contributed by atoms with Crippen molar-refractivity contribution in [1.82, 2.24) is 9.97 Å². The Hall–Kier alpha value is -2.21. The number of halogens is 2. The molecule has 132 valence electrons. The van der Waals surface area contributed by atoms with Crippen LogP contribution in [0, 0.1) is 12.7 Å². The molecule has 1 amide bonds. The second-order valence-electron chi connectivity index (χ2n) is 6.28. The molecule has 1 aliphatic carbocycles. The largest absolute Gasteiger partial charge is 0.351 e. The zero-order valence-electron chi connectivity index (χ0n) is 14.0. The SMILES string of the molecule is Cc1cc(C(=O)Nc2ccc(F)c(Cl)c2)nc(NC2CCCCC2)n1. The van der Waals surface area contributed by atoms with E-state index < -0.39 is 5.82 Å². The van der Waals surface area contributed by atoms with Gasteiger partial charge < -0.3 is 10.6 Å². The molecule has 2 aromatic rings. The third-order valence-corrected chi connectivity index (χ3v) is 4.49. The standard InChI is InChI=1S/C18H20ClFN4O/c1-11-9-16(17(25)22-13-7-8-15(20)14(19)10-13)24-18(21-11)23-12-5-3-2-4-6-12/h7-10,12H,2-6H2,1H3,(H,22,25)(H,21,23,24). The Bertz CT molecular complexity index is 778. The topological polar surface area (TPSA) is 66.9 Å². The molecule has 1 saturated carbocycles. The number of hydrogen-bond donors (Lipinski definition) is 2. The van der Waals surface area contributed by atoms with Gasteiger partial charge in [-0.05, 0) is 44.0 Å². The van der Waals surface area contributed by atoms with E-state index >= 15 is 0 Å². The number of nitrogens with zero attached hydrogens (tertiary/aromatic N) is 2. The quantitative estimate of drug-likeness (QED) is 0.835. The lowest BCUT2D eigenvalue weighted by molar-refractivity contribution is 0.102. The molecule has 0 unspecified atom stereocenters. The van der Waals surface area contributed by atoms with Crippen LogP contribution in [0.3, 0.4) is 0 Å². The Labute approximate surface area is 151 Å². The zero-order valence-corrected chi connectivity index (χ0v) is 14.7. The summed E-state index contributed by atoms with van der Waals surface area (Å²) < 4.78 is 13.2. The molecular formula is C18H20ClFN4O. The first-order chi connectivity index (χ1) is 12.0. The van der Waals surface area contributed by atoms with Gasteiger partial charge in [0.1, 0.15) is 11.5 Å². The third-order valence-electron chi connectivity index (χ3n) is 4.20. The predicted molar refractivity (Wildman–Crippen MR) is 96.6 cm³/mol. The van der Waals surface area contributed by atoms with Gasteiger partial charge in [0.2, 0.25) is 5.95 Å². The van der Waals surface area contributed by atoms with E-state index in [1.54, 1.807) is 6.07 Å². The number of hydrogen-bond acceptors (Lipinski definition) is 4. The van der Waals surface area contributed by atoms with Crippen LogP contribution in [-0.4, -0.2) is 21.9 Å². The first-order valence-corrected chi connectivity index (χ1v) is 8.78. The summed E-state index contributed by atoms with van der Waals surface area (Å²) in [7, 11) is 0. The molecule has 3 rings (SSSR count). The van der Waals surface area contributed by atoms with Crippen LogP contribution in [0.1, 0.15) is 48.3 Å². The fraction of sp³-hybridized carbons (Fsp3) is 0.389. The fourth-order valence-corrected chi connectivity index (χ4v) is 3.13. The third kappa shape index (κ3) is 4.66. The molecule has 25 heavy (non-hydrogen) atoms. The van der Waals surface area contributed by atoms with E-state index in [0.717, 1.165) is 12.8 Å². The number of aromatic nitrogens is 2. The summed E-state index contributed by atoms with van der Waals surface area (Å²) in [5, 5.41) is 5.96. The highest BCUT2D eigenvalue weighted by Gasteiger charge is 2.16.